The first kappa shape index (κ1) is 25.6. The Morgan fingerprint density at radius 2 is 1.97 bits per heavy atom. The van der Waals surface area contributed by atoms with Gasteiger partial charge in [-0.25, -0.2) is 9.59 Å². The number of benzene rings is 1. The lowest BCUT2D eigenvalue weighted by Crippen LogP contribution is -2.15. The molecule has 0 atom stereocenters. The summed E-state index contributed by atoms with van der Waals surface area (Å²) in [5, 5.41) is 0. The molecule has 0 saturated heterocycles. The minimum atomic E-state index is -0.565. The zero-order valence-corrected chi connectivity index (χ0v) is 20.5. The molecule has 0 amide bonds. The zero-order valence-electron chi connectivity index (χ0n) is 18.1. The van der Waals surface area contributed by atoms with Gasteiger partial charge in [-0.2, -0.15) is 0 Å². The normalized spacial score (nSPS) is 10.8. The van der Waals surface area contributed by atoms with Crippen molar-refractivity contribution in [1.29, 1.82) is 0 Å². The summed E-state index contributed by atoms with van der Waals surface area (Å²) in [6, 6.07) is 5.64. The maximum atomic E-state index is 12.3. The highest BCUT2D eigenvalue weighted by Gasteiger charge is 2.25. The molecule has 172 valence electrons. The van der Waals surface area contributed by atoms with Gasteiger partial charge in [0.05, 0.1) is 30.2 Å². The van der Waals surface area contributed by atoms with Crippen LogP contribution in [0.1, 0.15) is 41.4 Å². The van der Waals surface area contributed by atoms with Crippen LogP contribution in [-0.4, -0.2) is 45.7 Å². The number of ether oxygens (including phenoxy) is 4. The summed E-state index contributed by atoms with van der Waals surface area (Å²) in [6.45, 7) is 1.61. The lowest BCUT2D eigenvalue weighted by atomic mass is 10.1. The Balaban J connectivity index is 2.41. The Bertz CT molecular complexity index is 981. The van der Waals surface area contributed by atoms with Crippen LogP contribution in [0.2, 0.25) is 0 Å². The Labute approximate surface area is 199 Å². The standard InChI is InChI=1S/C23H25BrO7S/c1-4-30-18(26)14-31-20-19(24)21(32-22(20)23(27)29-3)16-10-11-17(28-2)15(13-16)9-7-5-6-8-12-25/h7,9-13H,4-6,8,14H2,1-3H3/b9-7+. The number of allylic oxidation sites excluding steroid dienone is 1. The molecule has 7 nitrogen and oxygen atoms in total. The second kappa shape index (κ2) is 13.0. The third-order valence-corrected chi connectivity index (χ3v) is 6.52. The Morgan fingerprint density at radius 1 is 1.19 bits per heavy atom. The molecule has 0 aliphatic rings. The van der Waals surface area contributed by atoms with E-state index in [1.807, 2.05) is 30.4 Å². The molecule has 1 aromatic heterocycles. The van der Waals surface area contributed by atoms with Gasteiger partial charge in [-0.15, -0.1) is 11.3 Å². The van der Waals surface area contributed by atoms with E-state index in [2.05, 4.69) is 15.9 Å². The van der Waals surface area contributed by atoms with E-state index in [1.54, 1.807) is 14.0 Å². The largest absolute Gasteiger partial charge is 0.496 e. The number of carbonyl (C=O) groups is 3. The van der Waals surface area contributed by atoms with Gasteiger partial charge in [0.2, 0.25) is 0 Å². The van der Waals surface area contributed by atoms with Crippen molar-refractivity contribution in [1.82, 2.24) is 0 Å². The van der Waals surface area contributed by atoms with Crippen molar-refractivity contribution in [3.8, 4) is 21.9 Å². The molecule has 1 aromatic carbocycles. The summed E-state index contributed by atoms with van der Waals surface area (Å²) in [4.78, 5) is 35.5. The van der Waals surface area contributed by atoms with Crippen LogP contribution in [-0.2, 0) is 19.1 Å². The van der Waals surface area contributed by atoms with Gasteiger partial charge in [0, 0.05) is 12.0 Å². The van der Waals surface area contributed by atoms with Gasteiger partial charge >= 0.3 is 11.9 Å². The second-order valence-electron chi connectivity index (χ2n) is 6.45. The van der Waals surface area contributed by atoms with Gasteiger partial charge in [-0.3, -0.25) is 0 Å². The Morgan fingerprint density at radius 3 is 2.62 bits per heavy atom. The van der Waals surface area contributed by atoms with Crippen molar-refractivity contribution >= 4 is 51.6 Å². The number of carbonyl (C=O) groups excluding carboxylic acids is 3. The molecular weight excluding hydrogens is 500 g/mol. The SMILES string of the molecule is CCOC(=O)COc1c(C(=O)OC)sc(-c2ccc(OC)c(/C=C/CCCC=O)c2)c1Br. The minimum Gasteiger partial charge on any atom is -0.496 e. The third-order valence-electron chi connectivity index (χ3n) is 4.30. The Kier molecular flexibility index (Phi) is 10.4. The van der Waals surface area contributed by atoms with E-state index in [9.17, 15) is 14.4 Å². The lowest BCUT2D eigenvalue weighted by molar-refractivity contribution is -0.145. The molecule has 2 aromatic rings. The molecule has 9 heteroatoms. The average molecular weight is 525 g/mol. The van der Waals surface area contributed by atoms with Crippen molar-refractivity contribution in [2.45, 2.75) is 26.2 Å². The molecule has 0 fully saturated rings. The number of aldehydes is 1. The number of thiophene rings is 1. The van der Waals surface area contributed by atoms with E-state index in [1.165, 1.54) is 18.4 Å². The van der Waals surface area contributed by atoms with Crippen LogP contribution in [0.25, 0.3) is 16.5 Å². The molecule has 0 N–H and O–H groups in total. The number of rotatable bonds is 12. The monoisotopic (exact) mass is 524 g/mol. The number of esters is 2. The topological polar surface area (TPSA) is 88.1 Å². The molecule has 0 bridgehead atoms. The highest BCUT2D eigenvalue weighted by atomic mass is 79.9. The highest BCUT2D eigenvalue weighted by molar-refractivity contribution is 9.10. The smallest absolute Gasteiger partial charge is 0.351 e. The zero-order chi connectivity index (χ0) is 23.5. The Hall–Kier alpha value is -2.65. The van der Waals surface area contributed by atoms with Gasteiger partial charge in [0.25, 0.3) is 0 Å². The van der Waals surface area contributed by atoms with Crippen molar-refractivity contribution in [3.63, 3.8) is 0 Å². The van der Waals surface area contributed by atoms with E-state index < -0.39 is 11.9 Å². The molecule has 0 radical (unpaired) electrons. The molecule has 1 heterocycles. The third kappa shape index (κ3) is 6.67. The number of unbranched alkanes of at least 4 members (excludes halogenated alkanes) is 2. The average Bonchev–Trinajstić information content (AvgIpc) is 3.13. The molecule has 0 aliphatic heterocycles. The van der Waals surface area contributed by atoms with Crippen LogP contribution < -0.4 is 9.47 Å². The summed E-state index contributed by atoms with van der Waals surface area (Å²) in [5.74, 6) is -0.175. The van der Waals surface area contributed by atoms with Crippen LogP contribution in [0.3, 0.4) is 0 Å². The van der Waals surface area contributed by atoms with E-state index in [0.29, 0.717) is 16.6 Å². The van der Waals surface area contributed by atoms with Gasteiger partial charge in [-0.05, 0) is 59.5 Å². The van der Waals surface area contributed by atoms with Crippen LogP contribution >= 0.6 is 27.3 Å². The quantitative estimate of drug-likeness (QED) is 0.211. The van der Waals surface area contributed by atoms with E-state index in [4.69, 9.17) is 18.9 Å². The van der Waals surface area contributed by atoms with E-state index in [0.717, 1.165) is 35.1 Å². The van der Waals surface area contributed by atoms with Gasteiger partial charge in [0.1, 0.15) is 12.0 Å². The molecule has 0 saturated carbocycles. The van der Waals surface area contributed by atoms with Crippen molar-refractivity contribution in [2.75, 3.05) is 27.4 Å². The van der Waals surface area contributed by atoms with Crippen LogP contribution in [0.5, 0.6) is 11.5 Å². The lowest BCUT2D eigenvalue weighted by Gasteiger charge is -2.08. The van der Waals surface area contributed by atoms with Crippen LogP contribution in [0.4, 0.5) is 0 Å². The number of hydrogen-bond donors (Lipinski definition) is 0. The summed E-state index contributed by atoms with van der Waals surface area (Å²) in [5.41, 5.74) is 1.68. The summed E-state index contributed by atoms with van der Waals surface area (Å²) >= 11 is 4.70. The predicted octanol–water partition coefficient (Wildman–Crippen LogP) is 5.30. The number of hydrogen-bond acceptors (Lipinski definition) is 8. The van der Waals surface area contributed by atoms with Crippen LogP contribution in [0, 0.1) is 0 Å². The second-order valence-corrected chi connectivity index (χ2v) is 8.26. The first-order chi connectivity index (χ1) is 15.5. The maximum Gasteiger partial charge on any atom is 0.351 e. The fourth-order valence-corrected chi connectivity index (χ4v) is 4.77. The number of methoxy groups -OCH3 is 2. The fraction of sp³-hybridized carbons (Fsp3) is 0.348. The maximum absolute atomic E-state index is 12.3. The van der Waals surface area contributed by atoms with Crippen molar-refractivity contribution in [2.24, 2.45) is 0 Å². The first-order valence-corrected chi connectivity index (χ1v) is 11.5. The fourth-order valence-electron chi connectivity index (χ4n) is 2.81. The van der Waals surface area contributed by atoms with Crippen molar-refractivity contribution in [3.05, 3.63) is 39.2 Å². The molecular formula is C23H25BrO7S. The molecule has 0 spiro atoms. The predicted molar refractivity (Wildman–Crippen MR) is 126 cm³/mol. The molecule has 2 rings (SSSR count). The first-order valence-electron chi connectivity index (χ1n) is 9.94. The van der Waals surface area contributed by atoms with Gasteiger partial charge < -0.3 is 23.7 Å². The molecule has 32 heavy (non-hydrogen) atoms. The summed E-state index contributed by atoms with van der Waals surface area (Å²) < 4.78 is 21.4. The summed E-state index contributed by atoms with van der Waals surface area (Å²) in [7, 11) is 2.88. The van der Waals surface area contributed by atoms with Crippen molar-refractivity contribution < 1.29 is 33.3 Å². The van der Waals surface area contributed by atoms with E-state index in [-0.39, 0.29) is 23.8 Å². The van der Waals surface area contributed by atoms with E-state index >= 15 is 0 Å². The summed E-state index contributed by atoms with van der Waals surface area (Å²) in [6.07, 6.45) is 6.91. The number of halogens is 1. The highest BCUT2D eigenvalue weighted by Crippen LogP contribution is 2.46. The molecule has 0 aliphatic carbocycles. The van der Waals surface area contributed by atoms with Crippen LogP contribution in [0.15, 0.2) is 28.7 Å². The molecule has 0 unspecified atom stereocenters. The van der Waals surface area contributed by atoms with Gasteiger partial charge in [-0.1, -0.05) is 12.2 Å². The minimum absolute atomic E-state index is 0.228. The van der Waals surface area contributed by atoms with Gasteiger partial charge in [0.15, 0.2) is 17.2 Å².